The number of carbonyl (C=O) groups excluding carboxylic acids is 2. The average molecular weight is 430 g/mol. The van der Waals surface area contributed by atoms with Crippen LogP contribution in [0.2, 0.25) is 0 Å². The Morgan fingerprint density at radius 1 is 1.03 bits per heavy atom. The van der Waals surface area contributed by atoms with Crippen molar-refractivity contribution in [1.82, 2.24) is 9.80 Å². The number of nitrogens with two attached hydrogens (primary N) is 1. The minimum Gasteiger partial charge on any atom is -0.444 e. The van der Waals surface area contributed by atoms with E-state index in [1.807, 2.05) is 32.9 Å². The number of piperidine rings is 1. The van der Waals surface area contributed by atoms with E-state index >= 15 is 0 Å². The lowest BCUT2D eigenvalue weighted by molar-refractivity contribution is -0.138. The van der Waals surface area contributed by atoms with Crippen LogP contribution in [0.5, 0.6) is 0 Å². The molecule has 1 heterocycles. The summed E-state index contributed by atoms with van der Waals surface area (Å²) in [7, 11) is 1.80. The van der Waals surface area contributed by atoms with E-state index < -0.39 is 5.60 Å². The standard InChI is InChI=1S/C25H39N3O3/c1-25(2,3)31-24(30)27(4)17-18-5-7-21(8-6-18)23(29)28-15-13-20(14-16-28)19-9-11-22(26)12-10-19/h9-12,18,20-21H,5-8,13-17,26H2,1-4H3/t18-,21-. The van der Waals surface area contributed by atoms with Gasteiger partial charge in [0, 0.05) is 38.3 Å². The summed E-state index contributed by atoms with van der Waals surface area (Å²) in [5.74, 6) is 1.42. The number of ether oxygens (including phenoxy) is 1. The van der Waals surface area contributed by atoms with Gasteiger partial charge in [0.2, 0.25) is 5.91 Å². The molecular weight excluding hydrogens is 390 g/mol. The second kappa shape index (κ2) is 9.92. The molecule has 2 fully saturated rings. The number of nitrogens with zero attached hydrogens (tertiary/aromatic N) is 2. The molecule has 172 valence electrons. The minimum absolute atomic E-state index is 0.135. The maximum absolute atomic E-state index is 13.1. The van der Waals surface area contributed by atoms with Crippen molar-refractivity contribution >= 4 is 17.7 Å². The molecule has 2 N–H and O–H groups in total. The van der Waals surface area contributed by atoms with Crippen molar-refractivity contribution in [3.05, 3.63) is 29.8 Å². The highest BCUT2D eigenvalue weighted by Crippen LogP contribution is 2.33. The lowest BCUT2D eigenvalue weighted by Crippen LogP contribution is -2.43. The summed E-state index contributed by atoms with van der Waals surface area (Å²) >= 11 is 0. The highest BCUT2D eigenvalue weighted by atomic mass is 16.6. The number of amides is 2. The van der Waals surface area contributed by atoms with Crippen LogP contribution >= 0.6 is 0 Å². The molecule has 1 aromatic rings. The third-order valence-corrected chi connectivity index (χ3v) is 6.65. The molecule has 6 nitrogen and oxygen atoms in total. The number of carbonyl (C=O) groups is 2. The predicted octanol–water partition coefficient (Wildman–Crippen LogP) is 4.65. The molecule has 3 rings (SSSR count). The Balaban J connectivity index is 1.41. The summed E-state index contributed by atoms with van der Waals surface area (Å²) in [6.07, 6.45) is 5.59. The molecular formula is C25H39N3O3. The van der Waals surface area contributed by atoms with Gasteiger partial charge in [-0.05, 0) is 88.8 Å². The Bertz CT molecular complexity index is 740. The van der Waals surface area contributed by atoms with Crippen LogP contribution in [0.1, 0.15) is 70.8 Å². The van der Waals surface area contributed by atoms with Gasteiger partial charge in [0.25, 0.3) is 0 Å². The topological polar surface area (TPSA) is 75.9 Å². The van der Waals surface area contributed by atoms with Crippen LogP contribution in [-0.2, 0) is 9.53 Å². The van der Waals surface area contributed by atoms with Crippen molar-refractivity contribution in [1.29, 1.82) is 0 Å². The zero-order valence-corrected chi connectivity index (χ0v) is 19.6. The molecule has 0 atom stereocenters. The molecule has 1 aliphatic heterocycles. The zero-order valence-electron chi connectivity index (χ0n) is 19.6. The summed E-state index contributed by atoms with van der Waals surface area (Å²) < 4.78 is 5.45. The van der Waals surface area contributed by atoms with Crippen LogP contribution < -0.4 is 5.73 Å². The van der Waals surface area contributed by atoms with Gasteiger partial charge in [-0.3, -0.25) is 4.79 Å². The summed E-state index contributed by atoms with van der Waals surface area (Å²) in [5.41, 5.74) is 7.45. The van der Waals surface area contributed by atoms with Gasteiger partial charge in [0.15, 0.2) is 0 Å². The molecule has 2 aliphatic rings. The highest BCUT2D eigenvalue weighted by molar-refractivity contribution is 5.79. The third-order valence-electron chi connectivity index (χ3n) is 6.65. The number of rotatable bonds is 4. The van der Waals surface area contributed by atoms with Crippen LogP contribution in [0.4, 0.5) is 10.5 Å². The van der Waals surface area contributed by atoms with E-state index in [1.54, 1.807) is 11.9 Å². The van der Waals surface area contributed by atoms with Crippen molar-refractivity contribution < 1.29 is 14.3 Å². The fourth-order valence-corrected chi connectivity index (χ4v) is 4.85. The fourth-order valence-electron chi connectivity index (χ4n) is 4.85. The van der Waals surface area contributed by atoms with Crippen LogP contribution in [0.3, 0.4) is 0 Å². The third kappa shape index (κ3) is 6.62. The first-order valence-corrected chi connectivity index (χ1v) is 11.7. The molecule has 1 aromatic carbocycles. The number of hydrogen-bond acceptors (Lipinski definition) is 4. The normalized spacial score (nSPS) is 22.8. The smallest absolute Gasteiger partial charge is 0.410 e. The van der Waals surface area contributed by atoms with Gasteiger partial charge >= 0.3 is 6.09 Å². The van der Waals surface area contributed by atoms with Crippen molar-refractivity contribution in [2.45, 2.75) is 70.8 Å². The van der Waals surface area contributed by atoms with Crippen molar-refractivity contribution in [2.75, 3.05) is 32.4 Å². The number of benzene rings is 1. The monoisotopic (exact) mass is 429 g/mol. The first-order valence-electron chi connectivity index (χ1n) is 11.7. The second-order valence-electron chi connectivity index (χ2n) is 10.3. The molecule has 1 aliphatic carbocycles. The largest absolute Gasteiger partial charge is 0.444 e. The maximum atomic E-state index is 13.1. The lowest BCUT2D eigenvalue weighted by atomic mass is 9.80. The summed E-state index contributed by atoms with van der Waals surface area (Å²) in [5, 5.41) is 0. The van der Waals surface area contributed by atoms with E-state index in [2.05, 4.69) is 17.0 Å². The maximum Gasteiger partial charge on any atom is 0.410 e. The molecule has 1 saturated heterocycles. The van der Waals surface area contributed by atoms with E-state index in [4.69, 9.17) is 10.5 Å². The molecule has 0 spiro atoms. The van der Waals surface area contributed by atoms with Crippen molar-refractivity contribution in [3.8, 4) is 0 Å². The molecule has 2 amide bonds. The summed E-state index contributed by atoms with van der Waals surface area (Å²) in [6.45, 7) is 8.03. The molecule has 31 heavy (non-hydrogen) atoms. The van der Waals surface area contributed by atoms with Gasteiger partial charge < -0.3 is 20.3 Å². The van der Waals surface area contributed by atoms with Gasteiger partial charge in [-0.2, -0.15) is 0 Å². The Morgan fingerprint density at radius 2 is 1.61 bits per heavy atom. The second-order valence-corrected chi connectivity index (χ2v) is 10.3. The highest BCUT2D eigenvalue weighted by Gasteiger charge is 2.32. The number of hydrogen-bond donors (Lipinski definition) is 1. The van der Waals surface area contributed by atoms with E-state index in [-0.39, 0.29) is 12.0 Å². The molecule has 0 unspecified atom stereocenters. The molecule has 0 bridgehead atoms. The van der Waals surface area contributed by atoms with Gasteiger partial charge in [-0.1, -0.05) is 12.1 Å². The SMILES string of the molecule is CN(C[C@H]1CC[C@H](C(=O)N2CCC(c3ccc(N)cc3)CC2)CC1)C(=O)OC(C)(C)C. The molecule has 6 heteroatoms. The van der Waals surface area contributed by atoms with Gasteiger partial charge in [0.1, 0.15) is 5.60 Å². The summed E-state index contributed by atoms with van der Waals surface area (Å²) in [4.78, 5) is 29.0. The summed E-state index contributed by atoms with van der Waals surface area (Å²) in [6, 6.07) is 8.16. The number of likely N-dealkylation sites (tertiary alicyclic amines) is 1. The van der Waals surface area contributed by atoms with Gasteiger partial charge in [-0.15, -0.1) is 0 Å². The Hall–Kier alpha value is -2.24. The molecule has 0 aromatic heterocycles. The Labute approximate surface area is 187 Å². The molecule has 0 radical (unpaired) electrons. The minimum atomic E-state index is -0.475. The van der Waals surface area contributed by atoms with E-state index in [0.29, 0.717) is 24.3 Å². The van der Waals surface area contributed by atoms with E-state index in [0.717, 1.165) is 57.3 Å². The fraction of sp³-hybridized carbons (Fsp3) is 0.680. The van der Waals surface area contributed by atoms with Gasteiger partial charge in [0.05, 0.1) is 0 Å². The lowest BCUT2D eigenvalue weighted by Gasteiger charge is -2.37. The predicted molar refractivity (Wildman–Crippen MR) is 124 cm³/mol. The van der Waals surface area contributed by atoms with E-state index in [9.17, 15) is 9.59 Å². The van der Waals surface area contributed by atoms with Crippen molar-refractivity contribution in [2.24, 2.45) is 11.8 Å². The van der Waals surface area contributed by atoms with Crippen LogP contribution in [0.15, 0.2) is 24.3 Å². The van der Waals surface area contributed by atoms with Gasteiger partial charge in [-0.25, -0.2) is 4.79 Å². The van der Waals surface area contributed by atoms with Crippen LogP contribution in [0.25, 0.3) is 0 Å². The Morgan fingerprint density at radius 3 is 2.16 bits per heavy atom. The Kier molecular flexibility index (Phi) is 7.50. The van der Waals surface area contributed by atoms with E-state index in [1.165, 1.54) is 5.56 Å². The number of anilines is 1. The quantitative estimate of drug-likeness (QED) is 0.707. The van der Waals surface area contributed by atoms with Crippen LogP contribution in [-0.4, -0.2) is 54.1 Å². The zero-order chi connectivity index (χ0) is 22.6. The molecule has 1 saturated carbocycles. The number of nitrogen functional groups attached to an aromatic ring is 1. The van der Waals surface area contributed by atoms with Crippen LogP contribution in [0, 0.1) is 11.8 Å². The van der Waals surface area contributed by atoms with Crippen molar-refractivity contribution in [3.63, 3.8) is 0 Å². The first kappa shape index (κ1) is 23.4. The first-order chi connectivity index (χ1) is 14.6. The average Bonchev–Trinajstić information content (AvgIpc) is 2.73.